The smallest absolute Gasteiger partial charge is 0.356 e. The number of carbonyl (C=O) groups excluding carboxylic acids is 1. The van der Waals surface area contributed by atoms with E-state index in [1.807, 2.05) is 0 Å². The van der Waals surface area contributed by atoms with E-state index >= 15 is 0 Å². The summed E-state index contributed by atoms with van der Waals surface area (Å²) in [6.07, 6.45) is 0. The number of rotatable bonds is 4. The molecule has 194 valence electrons. The van der Waals surface area contributed by atoms with Gasteiger partial charge >= 0.3 is 11.9 Å². The third-order valence-corrected chi connectivity index (χ3v) is 4.36. The van der Waals surface area contributed by atoms with Crippen molar-refractivity contribution in [3.63, 3.8) is 0 Å². The predicted octanol–water partition coefficient (Wildman–Crippen LogP) is 6.51. The fraction of sp³-hybridized carbons (Fsp3) is 0.0769. The number of phenolic OH excluding ortho intramolecular Hbond substituents is 1. The number of carboxylic acid groups (broad SMARTS) is 1. The van der Waals surface area contributed by atoms with Crippen molar-refractivity contribution >= 4 is 27.9 Å². The number of carbonyl (C=O) groups is 2. The molecule has 8 nitrogen and oxygen atoms in total. The lowest BCUT2D eigenvalue weighted by atomic mass is 10.3. The van der Waals surface area contributed by atoms with E-state index < -0.39 is 11.9 Å². The zero-order chi connectivity index (χ0) is 26.5. The Morgan fingerprint density at radius 1 is 0.811 bits per heavy atom. The van der Waals surface area contributed by atoms with Crippen LogP contribution in [0.5, 0.6) is 17.4 Å². The van der Waals surface area contributed by atoms with Crippen LogP contribution in [0.3, 0.4) is 0 Å². The summed E-state index contributed by atoms with van der Waals surface area (Å²) in [6, 6.07) is 19.8. The fourth-order valence-electron chi connectivity index (χ4n) is 2.28. The first kappa shape index (κ1) is 30.7. The number of aromatic hydroxyl groups is 1. The van der Waals surface area contributed by atoms with E-state index in [0.717, 1.165) is 0 Å². The van der Waals surface area contributed by atoms with Gasteiger partial charge in [0.15, 0.2) is 5.69 Å². The first-order valence-corrected chi connectivity index (χ1v) is 10.8. The molecule has 0 saturated carbocycles. The minimum atomic E-state index is -1.13. The Kier molecular flexibility index (Phi) is 12.9. The predicted molar refractivity (Wildman–Crippen MR) is 136 cm³/mol. The first-order valence-electron chi connectivity index (χ1n) is 9.97. The SMILES string of the molecule is C.COC(=O)c1cccc(Br)n1.O=C(O)c1cccc(Oc2ccc(F)cc2)n1.Oc1ccc(F)cc1. The van der Waals surface area contributed by atoms with Crippen LogP contribution >= 0.6 is 15.9 Å². The third-order valence-electron chi connectivity index (χ3n) is 3.91. The Morgan fingerprint density at radius 3 is 1.86 bits per heavy atom. The summed E-state index contributed by atoms with van der Waals surface area (Å²) >= 11 is 3.14. The van der Waals surface area contributed by atoms with Crippen LogP contribution in [0.15, 0.2) is 89.5 Å². The highest BCUT2D eigenvalue weighted by atomic mass is 79.9. The Hall–Kier alpha value is -4.38. The molecule has 0 spiro atoms. The molecule has 0 amide bonds. The molecule has 4 rings (SSSR count). The van der Waals surface area contributed by atoms with Gasteiger partial charge in [-0.05, 0) is 82.7 Å². The second kappa shape index (κ2) is 15.6. The number of hydrogen-bond donors (Lipinski definition) is 2. The molecule has 2 heterocycles. The number of pyridine rings is 2. The maximum Gasteiger partial charge on any atom is 0.356 e. The number of ether oxygens (including phenoxy) is 2. The van der Waals surface area contributed by atoms with E-state index in [-0.39, 0.29) is 36.4 Å². The van der Waals surface area contributed by atoms with Gasteiger partial charge in [0.2, 0.25) is 5.88 Å². The van der Waals surface area contributed by atoms with Gasteiger partial charge < -0.3 is 19.7 Å². The van der Waals surface area contributed by atoms with E-state index in [1.165, 1.54) is 73.8 Å². The summed E-state index contributed by atoms with van der Waals surface area (Å²) < 4.78 is 35.0. The lowest BCUT2D eigenvalue weighted by molar-refractivity contribution is 0.0593. The van der Waals surface area contributed by atoms with Crippen LogP contribution in [0.1, 0.15) is 28.4 Å². The molecule has 37 heavy (non-hydrogen) atoms. The molecule has 2 aromatic heterocycles. The normalized spacial score (nSPS) is 9.30. The summed E-state index contributed by atoms with van der Waals surface area (Å²) in [6.45, 7) is 0. The van der Waals surface area contributed by atoms with Crippen LogP contribution in [0, 0.1) is 11.6 Å². The summed E-state index contributed by atoms with van der Waals surface area (Å²) in [5.41, 5.74) is 0.200. The minimum absolute atomic E-state index is 0. The maximum absolute atomic E-state index is 12.6. The van der Waals surface area contributed by atoms with Crippen molar-refractivity contribution in [3.05, 3.63) is 113 Å². The van der Waals surface area contributed by atoms with Gasteiger partial charge in [-0.2, -0.15) is 0 Å². The number of carboxylic acids is 1. The molecule has 0 atom stereocenters. The molecule has 0 bridgehead atoms. The van der Waals surface area contributed by atoms with Gasteiger partial charge in [0.05, 0.1) is 7.11 Å². The van der Waals surface area contributed by atoms with Crippen LogP contribution in [0.25, 0.3) is 0 Å². The second-order valence-electron chi connectivity index (χ2n) is 6.54. The average molecular weight is 577 g/mol. The zero-order valence-electron chi connectivity index (χ0n) is 18.6. The molecule has 0 aliphatic carbocycles. The number of aromatic nitrogens is 2. The Balaban J connectivity index is 0.000000296. The summed E-state index contributed by atoms with van der Waals surface area (Å²) in [4.78, 5) is 29.2. The van der Waals surface area contributed by atoms with Crippen molar-refractivity contribution in [1.82, 2.24) is 9.97 Å². The largest absolute Gasteiger partial charge is 0.508 e. The van der Waals surface area contributed by atoms with E-state index in [2.05, 4.69) is 30.6 Å². The van der Waals surface area contributed by atoms with Gasteiger partial charge in [0, 0.05) is 6.07 Å². The van der Waals surface area contributed by atoms with Crippen LogP contribution in [0.2, 0.25) is 0 Å². The topological polar surface area (TPSA) is 119 Å². The lowest BCUT2D eigenvalue weighted by Gasteiger charge is -2.04. The fourth-order valence-corrected chi connectivity index (χ4v) is 2.63. The highest BCUT2D eigenvalue weighted by molar-refractivity contribution is 9.10. The maximum atomic E-state index is 12.6. The van der Waals surface area contributed by atoms with Crippen LogP contribution in [-0.2, 0) is 4.74 Å². The average Bonchev–Trinajstić information content (AvgIpc) is 2.87. The summed E-state index contributed by atoms with van der Waals surface area (Å²) in [5.74, 6) is -1.63. The number of phenols is 1. The standard InChI is InChI=1S/C12H8FNO3.C7H6BrNO2.C6H5FO.CH4/c13-8-4-6-9(7-5-8)17-11-3-1-2-10(14-11)12(15)16;1-11-7(10)5-3-2-4-6(8)9-5;7-5-1-3-6(8)4-2-5;/h1-7H,(H,15,16);2-4H,1H3;1-4,8H;1H4. The number of nitrogens with zero attached hydrogens (tertiary/aromatic N) is 2. The van der Waals surface area contributed by atoms with Gasteiger partial charge in [-0.3, -0.25) is 0 Å². The van der Waals surface area contributed by atoms with Crippen molar-refractivity contribution in [3.8, 4) is 17.4 Å². The van der Waals surface area contributed by atoms with Crippen molar-refractivity contribution < 1.29 is 38.1 Å². The van der Waals surface area contributed by atoms with Gasteiger partial charge in [-0.15, -0.1) is 0 Å². The third kappa shape index (κ3) is 11.3. The van der Waals surface area contributed by atoms with Crippen molar-refractivity contribution in [2.24, 2.45) is 0 Å². The highest BCUT2D eigenvalue weighted by Gasteiger charge is 2.07. The first-order chi connectivity index (χ1) is 17.2. The molecule has 0 unspecified atom stereocenters. The molecule has 2 aromatic carbocycles. The number of benzene rings is 2. The van der Waals surface area contributed by atoms with Gasteiger partial charge in [0.1, 0.15) is 33.4 Å². The number of hydrogen-bond acceptors (Lipinski definition) is 7. The van der Waals surface area contributed by atoms with Gasteiger partial charge in [-0.1, -0.05) is 19.6 Å². The minimum Gasteiger partial charge on any atom is -0.508 e. The van der Waals surface area contributed by atoms with E-state index in [4.69, 9.17) is 14.9 Å². The Bertz CT molecular complexity index is 1270. The van der Waals surface area contributed by atoms with Crippen molar-refractivity contribution in [2.45, 2.75) is 7.43 Å². The zero-order valence-corrected chi connectivity index (χ0v) is 20.2. The molecule has 0 saturated heterocycles. The number of aromatic carboxylic acids is 1. The molecule has 0 fully saturated rings. The molecular weight excluding hydrogens is 554 g/mol. The van der Waals surface area contributed by atoms with E-state index in [0.29, 0.717) is 16.0 Å². The van der Waals surface area contributed by atoms with Crippen LogP contribution in [0.4, 0.5) is 8.78 Å². The molecule has 0 aliphatic heterocycles. The van der Waals surface area contributed by atoms with Gasteiger partial charge in [0.25, 0.3) is 0 Å². The molecule has 4 aromatic rings. The molecule has 0 aliphatic rings. The highest BCUT2D eigenvalue weighted by Crippen LogP contribution is 2.19. The number of methoxy groups -OCH3 is 1. The monoisotopic (exact) mass is 576 g/mol. The summed E-state index contributed by atoms with van der Waals surface area (Å²) in [5, 5.41) is 17.3. The molecule has 11 heteroatoms. The Labute approximate surface area is 220 Å². The molecular formula is C26H23BrF2N2O6. The number of halogens is 3. The van der Waals surface area contributed by atoms with Crippen LogP contribution in [-0.4, -0.2) is 39.2 Å². The molecule has 2 N–H and O–H groups in total. The van der Waals surface area contributed by atoms with Crippen molar-refractivity contribution in [2.75, 3.05) is 7.11 Å². The molecule has 0 radical (unpaired) electrons. The second-order valence-corrected chi connectivity index (χ2v) is 7.35. The van der Waals surface area contributed by atoms with Gasteiger partial charge in [-0.25, -0.2) is 28.3 Å². The lowest BCUT2D eigenvalue weighted by Crippen LogP contribution is -2.03. The van der Waals surface area contributed by atoms with E-state index in [9.17, 15) is 18.4 Å². The van der Waals surface area contributed by atoms with Crippen molar-refractivity contribution in [1.29, 1.82) is 0 Å². The quantitative estimate of drug-likeness (QED) is 0.208. The number of esters is 1. The summed E-state index contributed by atoms with van der Waals surface area (Å²) in [7, 11) is 1.32. The van der Waals surface area contributed by atoms with E-state index in [1.54, 1.807) is 18.2 Å². The van der Waals surface area contributed by atoms with Crippen LogP contribution < -0.4 is 4.74 Å². The Morgan fingerprint density at radius 2 is 1.35 bits per heavy atom.